The van der Waals surface area contributed by atoms with Gasteiger partial charge < -0.3 is 16.8 Å². The molecule has 0 aliphatic rings. The van der Waals surface area contributed by atoms with Crippen LogP contribution in [0.3, 0.4) is 0 Å². The summed E-state index contributed by atoms with van der Waals surface area (Å²) in [4.78, 5) is 22.1. The molecule has 0 radical (unpaired) electrons. The number of hydrogen-bond donors (Lipinski definition) is 3. The van der Waals surface area contributed by atoms with Crippen LogP contribution in [-0.4, -0.2) is 17.9 Å². The average Bonchev–Trinajstić information content (AvgIpc) is 2.15. The van der Waals surface area contributed by atoms with Gasteiger partial charge >= 0.3 is 0 Å². The molecule has 5 heteroatoms. The van der Waals surface area contributed by atoms with E-state index in [2.05, 4.69) is 5.32 Å². The zero-order valence-corrected chi connectivity index (χ0v) is 9.28. The molecule has 0 aliphatic heterocycles. The van der Waals surface area contributed by atoms with Crippen molar-refractivity contribution in [2.24, 2.45) is 11.5 Å². The third kappa shape index (κ3) is 2.73. The van der Waals surface area contributed by atoms with Gasteiger partial charge in [-0.3, -0.25) is 9.59 Å². The van der Waals surface area contributed by atoms with Crippen molar-refractivity contribution in [2.45, 2.75) is 19.9 Å². The van der Waals surface area contributed by atoms with E-state index >= 15 is 0 Å². The second-order valence-corrected chi connectivity index (χ2v) is 3.79. The topological polar surface area (TPSA) is 98.2 Å². The number of nitrogens with two attached hydrogens (primary N) is 2. The summed E-state index contributed by atoms with van der Waals surface area (Å²) in [6, 6.07) is 4.63. The number of hydrogen-bond acceptors (Lipinski definition) is 3. The smallest absolute Gasteiger partial charge is 0.250 e. The predicted molar refractivity (Wildman–Crippen MR) is 62.2 cm³/mol. The first-order chi connectivity index (χ1) is 7.41. The second-order valence-electron chi connectivity index (χ2n) is 3.79. The van der Waals surface area contributed by atoms with Gasteiger partial charge in [0.15, 0.2) is 0 Å². The Balaban J connectivity index is 3.21. The van der Waals surface area contributed by atoms with Crippen LogP contribution in [-0.2, 0) is 0 Å². The fourth-order valence-electron chi connectivity index (χ4n) is 1.34. The highest BCUT2D eigenvalue weighted by molar-refractivity contribution is 6.01. The van der Waals surface area contributed by atoms with Crippen LogP contribution in [0.4, 0.5) is 5.69 Å². The molecule has 0 heterocycles. The number of benzene rings is 1. The van der Waals surface area contributed by atoms with E-state index in [1.807, 2.05) is 13.8 Å². The maximum absolute atomic E-state index is 11.2. The van der Waals surface area contributed by atoms with Crippen LogP contribution in [0.2, 0.25) is 0 Å². The first-order valence-electron chi connectivity index (χ1n) is 4.92. The molecule has 86 valence electrons. The lowest BCUT2D eigenvalue weighted by Gasteiger charge is -2.13. The zero-order chi connectivity index (χ0) is 12.3. The summed E-state index contributed by atoms with van der Waals surface area (Å²) in [7, 11) is 0. The third-order valence-electron chi connectivity index (χ3n) is 2.01. The first-order valence-corrected chi connectivity index (χ1v) is 4.92. The van der Waals surface area contributed by atoms with Crippen molar-refractivity contribution in [1.29, 1.82) is 0 Å². The van der Waals surface area contributed by atoms with E-state index in [0.717, 1.165) is 0 Å². The molecule has 0 aliphatic carbocycles. The Morgan fingerprint density at radius 2 is 1.81 bits per heavy atom. The van der Waals surface area contributed by atoms with E-state index in [-0.39, 0.29) is 6.04 Å². The lowest BCUT2D eigenvalue weighted by atomic mass is 10.1. The number of nitrogens with one attached hydrogen (secondary N) is 1. The van der Waals surface area contributed by atoms with E-state index in [0.29, 0.717) is 16.8 Å². The van der Waals surface area contributed by atoms with E-state index in [1.54, 1.807) is 0 Å². The molecule has 1 aromatic rings. The van der Waals surface area contributed by atoms with Crippen molar-refractivity contribution in [2.75, 3.05) is 5.32 Å². The van der Waals surface area contributed by atoms with Crippen LogP contribution >= 0.6 is 0 Å². The molecule has 0 spiro atoms. The highest BCUT2D eigenvalue weighted by Crippen LogP contribution is 2.18. The molecular formula is C11H15N3O2. The van der Waals surface area contributed by atoms with Gasteiger partial charge in [-0.2, -0.15) is 0 Å². The Hall–Kier alpha value is -2.04. The molecular weight excluding hydrogens is 206 g/mol. The standard InChI is InChI=1S/C11H15N3O2/c1-6(2)14-9-5-7(10(12)15)3-4-8(9)11(13)16/h3-6,14H,1-2H3,(H2,12,15)(H2,13,16). The molecule has 1 rings (SSSR count). The highest BCUT2D eigenvalue weighted by Gasteiger charge is 2.11. The van der Waals surface area contributed by atoms with Crippen LogP contribution in [0.25, 0.3) is 0 Å². The molecule has 5 nitrogen and oxygen atoms in total. The van der Waals surface area contributed by atoms with Gasteiger partial charge in [0.1, 0.15) is 0 Å². The summed E-state index contributed by atoms with van der Waals surface area (Å²) >= 11 is 0. The normalized spacial score (nSPS) is 10.2. The maximum atomic E-state index is 11.2. The molecule has 0 saturated carbocycles. The van der Waals surface area contributed by atoms with Crippen LogP contribution in [0, 0.1) is 0 Å². The molecule has 0 atom stereocenters. The Kier molecular flexibility index (Phi) is 3.50. The minimum atomic E-state index is -0.542. The molecule has 1 aromatic carbocycles. The maximum Gasteiger partial charge on any atom is 0.250 e. The van der Waals surface area contributed by atoms with Crippen molar-refractivity contribution < 1.29 is 9.59 Å². The van der Waals surface area contributed by atoms with Crippen molar-refractivity contribution in [3.8, 4) is 0 Å². The van der Waals surface area contributed by atoms with Crippen LogP contribution < -0.4 is 16.8 Å². The highest BCUT2D eigenvalue weighted by atomic mass is 16.1. The SMILES string of the molecule is CC(C)Nc1cc(C(N)=O)ccc1C(N)=O. The van der Waals surface area contributed by atoms with Crippen molar-refractivity contribution in [3.63, 3.8) is 0 Å². The van der Waals surface area contributed by atoms with Gasteiger partial charge in [-0.1, -0.05) is 0 Å². The molecule has 0 unspecified atom stereocenters. The molecule has 2 amide bonds. The average molecular weight is 221 g/mol. The predicted octanol–water partition coefficient (Wildman–Crippen LogP) is 0.705. The Bertz CT molecular complexity index is 427. The van der Waals surface area contributed by atoms with E-state index in [9.17, 15) is 9.59 Å². The van der Waals surface area contributed by atoms with Crippen LogP contribution in [0.15, 0.2) is 18.2 Å². The Labute approximate surface area is 93.8 Å². The van der Waals surface area contributed by atoms with Gasteiger partial charge in [-0.05, 0) is 32.0 Å². The lowest BCUT2D eigenvalue weighted by Crippen LogP contribution is -2.19. The van der Waals surface area contributed by atoms with Crippen molar-refractivity contribution in [3.05, 3.63) is 29.3 Å². The zero-order valence-electron chi connectivity index (χ0n) is 9.28. The quantitative estimate of drug-likeness (QED) is 0.698. The number of anilines is 1. The number of carbonyl (C=O) groups is 2. The molecule has 5 N–H and O–H groups in total. The summed E-state index contributed by atoms with van der Waals surface area (Å²) < 4.78 is 0. The van der Waals surface area contributed by atoms with E-state index < -0.39 is 11.8 Å². The van der Waals surface area contributed by atoms with Crippen molar-refractivity contribution >= 4 is 17.5 Å². The minimum absolute atomic E-state index is 0.126. The Morgan fingerprint density at radius 3 is 2.25 bits per heavy atom. The molecule has 0 aromatic heterocycles. The monoisotopic (exact) mass is 221 g/mol. The molecule has 0 bridgehead atoms. The van der Waals surface area contributed by atoms with Crippen molar-refractivity contribution in [1.82, 2.24) is 0 Å². The van der Waals surface area contributed by atoms with E-state index in [1.165, 1.54) is 18.2 Å². The summed E-state index contributed by atoms with van der Waals surface area (Å²) in [6.07, 6.45) is 0. The first kappa shape index (κ1) is 12.0. The van der Waals surface area contributed by atoms with Crippen LogP contribution in [0.5, 0.6) is 0 Å². The number of amides is 2. The number of rotatable bonds is 4. The van der Waals surface area contributed by atoms with Gasteiger partial charge in [-0.25, -0.2) is 0 Å². The fourth-order valence-corrected chi connectivity index (χ4v) is 1.34. The van der Waals surface area contributed by atoms with Gasteiger partial charge in [0, 0.05) is 17.3 Å². The summed E-state index contributed by atoms with van der Waals surface area (Å²) in [5.74, 6) is -1.08. The molecule has 16 heavy (non-hydrogen) atoms. The van der Waals surface area contributed by atoms with Gasteiger partial charge in [0.2, 0.25) is 5.91 Å². The van der Waals surface area contributed by atoms with Crippen LogP contribution in [0.1, 0.15) is 34.6 Å². The lowest BCUT2D eigenvalue weighted by molar-refractivity contribution is 0.0989. The number of primary amides is 2. The largest absolute Gasteiger partial charge is 0.382 e. The number of carbonyl (C=O) groups excluding carboxylic acids is 2. The summed E-state index contributed by atoms with van der Waals surface area (Å²) in [5.41, 5.74) is 11.6. The van der Waals surface area contributed by atoms with Gasteiger partial charge in [0.25, 0.3) is 5.91 Å². The Morgan fingerprint density at radius 1 is 1.19 bits per heavy atom. The third-order valence-corrected chi connectivity index (χ3v) is 2.01. The van der Waals surface area contributed by atoms with E-state index in [4.69, 9.17) is 11.5 Å². The fraction of sp³-hybridized carbons (Fsp3) is 0.273. The molecule has 0 fully saturated rings. The van der Waals surface area contributed by atoms with Gasteiger partial charge in [-0.15, -0.1) is 0 Å². The summed E-state index contributed by atoms with van der Waals surface area (Å²) in [5, 5.41) is 3.04. The molecule has 0 saturated heterocycles. The second kappa shape index (κ2) is 4.65. The minimum Gasteiger partial charge on any atom is -0.382 e. The van der Waals surface area contributed by atoms with Gasteiger partial charge in [0.05, 0.1) is 5.56 Å². The summed E-state index contributed by atoms with van der Waals surface area (Å²) in [6.45, 7) is 3.84.